The highest BCUT2D eigenvalue weighted by atomic mass is 16.6. The van der Waals surface area contributed by atoms with Crippen molar-refractivity contribution in [3.05, 3.63) is 34.9 Å². The first kappa shape index (κ1) is 18.3. The predicted molar refractivity (Wildman–Crippen MR) is 93.8 cm³/mol. The number of hydrogen-bond donors (Lipinski definition) is 2. The van der Waals surface area contributed by atoms with Crippen LogP contribution in [-0.2, 0) is 28.9 Å². The van der Waals surface area contributed by atoms with Gasteiger partial charge in [0, 0.05) is 19.5 Å². The molecular formula is C19H28N2O3. The van der Waals surface area contributed by atoms with E-state index in [-0.39, 0.29) is 5.91 Å². The molecule has 132 valence electrons. The Labute approximate surface area is 144 Å². The molecule has 0 saturated heterocycles. The summed E-state index contributed by atoms with van der Waals surface area (Å²) in [4.78, 5) is 23.3. The van der Waals surface area contributed by atoms with Crippen LogP contribution >= 0.6 is 0 Å². The van der Waals surface area contributed by atoms with Gasteiger partial charge >= 0.3 is 6.09 Å². The number of benzene rings is 1. The molecule has 1 aliphatic rings. The number of fused-ring (bicyclic) bond motifs is 1. The van der Waals surface area contributed by atoms with Crippen LogP contribution in [0.1, 0.15) is 56.7 Å². The van der Waals surface area contributed by atoms with E-state index in [4.69, 9.17) is 4.74 Å². The molecule has 24 heavy (non-hydrogen) atoms. The van der Waals surface area contributed by atoms with Crippen molar-refractivity contribution in [1.29, 1.82) is 0 Å². The Hall–Kier alpha value is -2.04. The molecule has 5 heteroatoms. The maximum Gasteiger partial charge on any atom is 0.407 e. The topological polar surface area (TPSA) is 67.4 Å². The van der Waals surface area contributed by atoms with Gasteiger partial charge in [-0.05, 0) is 63.1 Å². The summed E-state index contributed by atoms with van der Waals surface area (Å²) in [6, 6.07) is 6.47. The average Bonchev–Trinajstić information content (AvgIpc) is 2.95. The normalized spacial score (nSPS) is 13.3. The van der Waals surface area contributed by atoms with Crippen molar-refractivity contribution in [2.45, 2.75) is 65.0 Å². The summed E-state index contributed by atoms with van der Waals surface area (Å²) in [5, 5.41) is 5.59. The summed E-state index contributed by atoms with van der Waals surface area (Å²) in [6.45, 7) is 6.45. The molecule has 1 aliphatic carbocycles. The number of rotatable bonds is 6. The number of alkyl carbamates (subject to hydrolysis) is 1. The molecule has 1 aromatic carbocycles. The van der Waals surface area contributed by atoms with Gasteiger partial charge in [-0.2, -0.15) is 0 Å². The predicted octanol–water partition coefficient (Wildman–Crippen LogP) is 3.10. The van der Waals surface area contributed by atoms with Crippen molar-refractivity contribution in [2.75, 3.05) is 6.54 Å². The number of hydrogen-bond acceptors (Lipinski definition) is 3. The number of carbonyl (C=O) groups excluding carboxylic acids is 2. The molecule has 0 radical (unpaired) electrons. The van der Waals surface area contributed by atoms with Crippen LogP contribution in [-0.4, -0.2) is 24.1 Å². The minimum atomic E-state index is -0.503. The summed E-state index contributed by atoms with van der Waals surface area (Å²) in [6.07, 6.45) is 4.09. The fourth-order valence-corrected chi connectivity index (χ4v) is 2.78. The lowest BCUT2D eigenvalue weighted by Gasteiger charge is -2.19. The first-order chi connectivity index (χ1) is 11.3. The maximum absolute atomic E-state index is 11.9. The molecule has 0 saturated carbocycles. The molecule has 5 nitrogen and oxygen atoms in total. The van der Waals surface area contributed by atoms with Gasteiger partial charge in [-0.15, -0.1) is 0 Å². The molecule has 0 unspecified atom stereocenters. The van der Waals surface area contributed by atoms with E-state index in [1.807, 2.05) is 20.8 Å². The Morgan fingerprint density at radius 1 is 1.12 bits per heavy atom. The molecule has 2 rings (SSSR count). The molecule has 0 fully saturated rings. The molecule has 0 spiro atoms. The van der Waals surface area contributed by atoms with E-state index in [9.17, 15) is 9.59 Å². The van der Waals surface area contributed by atoms with E-state index >= 15 is 0 Å². The van der Waals surface area contributed by atoms with Crippen molar-refractivity contribution < 1.29 is 14.3 Å². The summed E-state index contributed by atoms with van der Waals surface area (Å²) in [5.74, 6) is 0.00138. The molecule has 0 bridgehead atoms. The third kappa shape index (κ3) is 6.22. The Balaban J connectivity index is 1.61. The van der Waals surface area contributed by atoms with Gasteiger partial charge in [0.2, 0.25) is 5.91 Å². The van der Waals surface area contributed by atoms with Crippen LogP contribution in [0.5, 0.6) is 0 Å². The van der Waals surface area contributed by atoms with E-state index in [1.54, 1.807) is 0 Å². The summed E-state index contributed by atoms with van der Waals surface area (Å²) >= 11 is 0. The first-order valence-corrected chi connectivity index (χ1v) is 8.68. The fraction of sp³-hybridized carbons (Fsp3) is 0.579. The largest absolute Gasteiger partial charge is 0.444 e. The zero-order valence-corrected chi connectivity index (χ0v) is 14.9. The minimum Gasteiger partial charge on any atom is -0.444 e. The number of amides is 2. The van der Waals surface area contributed by atoms with Crippen LogP contribution in [0.3, 0.4) is 0 Å². The van der Waals surface area contributed by atoms with Crippen LogP contribution in [0.2, 0.25) is 0 Å². The summed E-state index contributed by atoms with van der Waals surface area (Å²) in [7, 11) is 0. The highest BCUT2D eigenvalue weighted by Crippen LogP contribution is 2.22. The van der Waals surface area contributed by atoms with Crippen molar-refractivity contribution in [3.63, 3.8) is 0 Å². The van der Waals surface area contributed by atoms with E-state index in [0.29, 0.717) is 25.9 Å². The Morgan fingerprint density at radius 3 is 2.62 bits per heavy atom. The van der Waals surface area contributed by atoms with Crippen molar-refractivity contribution in [1.82, 2.24) is 10.6 Å². The average molecular weight is 332 g/mol. The smallest absolute Gasteiger partial charge is 0.407 e. The Kier molecular flexibility index (Phi) is 6.23. The lowest BCUT2D eigenvalue weighted by atomic mass is 10.1. The number of nitrogens with one attached hydrogen (secondary N) is 2. The van der Waals surface area contributed by atoms with Crippen LogP contribution in [0.4, 0.5) is 4.79 Å². The number of carbonyl (C=O) groups is 2. The van der Waals surface area contributed by atoms with Crippen LogP contribution in [0.25, 0.3) is 0 Å². The molecule has 0 atom stereocenters. The van der Waals surface area contributed by atoms with Crippen molar-refractivity contribution in [3.8, 4) is 0 Å². The molecule has 2 N–H and O–H groups in total. The zero-order chi connectivity index (χ0) is 17.6. The third-order valence-electron chi connectivity index (χ3n) is 3.90. The first-order valence-electron chi connectivity index (χ1n) is 8.68. The monoisotopic (exact) mass is 332 g/mol. The molecule has 0 aromatic heterocycles. The third-order valence-corrected chi connectivity index (χ3v) is 3.90. The minimum absolute atomic E-state index is 0.00138. The van der Waals surface area contributed by atoms with Gasteiger partial charge in [0.15, 0.2) is 0 Å². The van der Waals surface area contributed by atoms with Crippen molar-refractivity contribution in [2.24, 2.45) is 0 Å². The second kappa shape index (κ2) is 8.18. The van der Waals surface area contributed by atoms with E-state index in [0.717, 1.165) is 12.0 Å². The second-order valence-electron chi connectivity index (χ2n) is 7.27. The highest BCUT2D eigenvalue weighted by Gasteiger charge is 2.15. The van der Waals surface area contributed by atoms with E-state index < -0.39 is 11.7 Å². The number of aryl methyl sites for hydroxylation is 2. The Bertz CT molecular complexity index is 591. The van der Waals surface area contributed by atoms with Crippen LogP contribution in [0, 0.1) is 0 Å². The van der Waals surface area contributed by atoms with Gasteiger partial charge in [-0.3, -0.25) is 4.79 Å². The van der Waals surface area contributed by atoms with E-state index in [1.165, 1.54) is 24.0 Å². The lowest BCUT2D eigenvalue weighted by Crippen LogP contribution is -2.33. The standard InChI is InChI=1S/C19H28N2O3/c1-19(2,3)24-18(23)20-11-5-8-17(22)21-13-14-9-10-15-6-4-7-16(15)12-14/h9-10,12H,4-8,11,13H2,1-3H3,(H,20,23)(H,21,22). The molecule has 0 aliphatic heterocycles. The zero-order valence-electron chi connectivity index (χ0n) is 14.9. The van der Waals surface area contributed by atoms with Gasteiger partial charge in [-0.25, -0.2) is 4.79 Å². The SMILES string of the molecule is CC(C)(C)OC(=O)NCCCC(=O)NCc1ccc2c(c1)CCC2. The summed E-state index contributed by atoms with van der Waals surface area (Å²) in [5.41, 5.74) is 3.51. The summed E-state index contributed by atoms with van der Waals surface area (Å²) < 4.78 is 5.14. The second-order valence-corrected chi connectivity index (χ2v) is 7.27. The van der Waals surface area contributed by atoms with Gasteiger partial charge in [0.1, 0.15) is 5.60 Å². The molecular weight excluding hydrogens is 304 g/mol. The molecule has 2 amide bonds. The molecule has 1 aromatic rings. The maximum atomic E-state index is 11.9. The lowest BCUT2D eigenvalue weighted by molar-refractivity contribution is -0.121. The fourth-order valence-electron chi connectivity index (χ4n) is 2.78. The van der Waals surface area contributed by atoms with Gasteiger partial charge < -0.3 is 15.4 Å². The van der Waals surface area contributed by atoms with Gasteiger partial charge in [-0.1, -0.05) is 18.2 Å². The molecule has 0 heterocycles. The highest BCUT2D eigenvalue weighted by molar-refractivity contribution is 5.76. The number of ether oxygens (including phenoxy) is 1. The van der Waals surface area contributed by atoms with Crippen LogP contribution in [0.15, 0.2) is 18.2 Å². The quantitative estimate of drug-likeness (QED) is 0.787. The van der Waals surface area contributed by atoms with Crippen molar-refractivity contribution >= 4 is 12.0 Å². The van der Waals surface area contributed by atoms with Gasteiger partial charge in [0.05, 0.1) is 0 Å². The van der Waals surface area contributed by atoms with E-state index in [2.05, 4.69) is 28.8 Å². The van der Waals surface area contributed by atoms with Crippen LogP contribution < -0.4 is 10.6 Å². The van der Waals surface area contributed by atoms with Gasteiger partial charge in [0.25, 0.3) is 0 Å². The Morgan fingerprint density at radius 2 is 1.88 bits per heavy atom.